The fourth-order valence-corrected chi connectivity index (χ4v) is 0.662. The van der Waals surface area contributed by atoms with E-state index in [0.29, 0.717) is 6.54 Å². The van der Waals surface area contributed by atoms with Gasteiger partial charge in [-0.05, 0) is 20.8 Å². The molecule has 0 aromatic rings. The third-order valence-corrected chi connectivity index (χ3v) is 1.23. The van der Waals surface area contributed by atoms with Gasteiger partial charge in [0, 0.05) is 6.54 Å². The molecule has 12 heavy (non-hydrogen) atoms. The Morgan fingerprint density at radius 2 is 2.08 bits per heavy atom. The van der Waals surface area contributed by atoms with E-state index in [1.54, 1.807) is 6.92 Å². The summed E-state index contributed by atoms with van der Waals surface area (Å²) in [5.74, 6) is 4.65. The Morgan fingerprint density at radius 3 is 2.42 bits per heavy atom. The van der Waals surface area contributed by atoms with Crippen molar-refractivity contribution in [2.45, 2.75) is 33.3 Å². The zero-order chi connectivity index (χ0) is 9.78. The molecule has 0 aromatic carbocycles. The number of hydrogen-bond acceptors (Lipinski definition) is 4. The zero-order valence-corrected chi connectivity index (χ0v) is 8.18. The second-order valence-corrected chi connectivity index (χ2v) is 3.84. The molecular formula is C8H18N2O2. The van der Waals surface area contributed by atoms with E-state index in [4.69, 9.17) is 10.6 Å². The number of nitrogens with two attached hydrogens (primary N) is 1. The predicted molar refractivity (Wildman–Crippen MR) is 47.2 cm³/mol. The summed E-state index contributed by atoms with van der Waals surface area (Å²) < 4.78 is 5.12. The highest BCUT2D eigenvalue weighted by Crippen LogP contribution is 2.10. The number of carbonyl (C=O) groups is 1. The third kappa shape index (κ3) is 5.09. The van der Waals surface area contributed by atoms with Gasteiger partial charge < -0.3 is 4.74 Å². The molecule has 0 fully saturated rings. The van der Waals surface area contributed by atoms with Crippen LogP contribution in [0.1, 0.15) is 27.7 Å². The van der Waals surface area contributed by atoms with Crippen molar-refractivity contribution in [2.24, 2.45) is 11.8 Å². The van der Waals surface area contributed by atoms with Crippen molar-refractivity contribution in [3.63, 3.8) is 0 Å². The van der Waals surface area contributed by atoms with Crippen LogP contribution in [0.25, 0.3) is 0 Å². The Balaban J connectivity index is 3.87. The lowest BCUT2D eigenvalue weighted by atomic mass is 10.1. The van der Waals surface area contributed by atoms with Crippen molar-refractivity contribution < 1.29 is 9.53 Å². The Hall–Kier alpha value is -0.610. The van der Waals surface area contributed by atoms with E-state index in [1.807, 2.05) is 20.8 Å². The monoisotopic (exact) mass is 174 g/mol. The molecule has 0 aromatic heterocycles. The fourth-order valence-electron chi connectivity index (χ4n) is 0.662. The molecule has 0 radical (unpaired) electrons. The van der Waals surface area contributed by atoms with Crippen LogP contribution in [0, 0.1) is 5.92 Å². The summed E-state index contributed by atoms with van der Waals surface area (Å²) in [6, 6.07) is 0. The quantitative estimate of drug-likeness (QED) is 0.370. The Bertz CT molecular complexity index is 152. The van der Waals surface area contributed by atoms with Gasteiger partial charge in [0.1, 0.15) is 5.60 Å². The zero-order valence-electron chi connectivity index (χ0n) is 8.18. The smallest absolute Gasteiger partial charge is 0.310 e. The van der Waals surface area contributed by atoms with E-state index >= 15 is 0 Å². The van der Waals surface area contributed by atoms with Crippen LogP contribution in [-0.2, 0) is 9.53 Å². The summed E-state index contributed by atoms with van der Waals surface area (Å²) in [6.07, 6.45) is 0. The first-order valence-corrected chi connectivity index (χ1v) is 4.03. The van der Waals surface area contributed by atoms with Gasteiger partial charge in [-0.2, -0.15) is 0 Å². The molecule has 0 rings (SSSR count). The molecule has 72 valence electrons. The molecule has 0 saturated carbocycles. The predicted octanol–water partition coefficient (Wildman–Crippen LogP) is 0.427. The molecule has 0 spiro atoms. The van der Waals surface area contributed by atoms with E-state index in [0.717, 1.165) is 0 Å². The fraction of sp³-hybridized carbons (Fsp3) is 0.875. The highest BCUT2D eigenvalue weighted by atomic mass is 16.6. The Morgan fingerprint density at radius 1 is 1.58 bits per heavy atom. The molecule has 1 atom stereocenters. The van der Waals surface area contributed by atoms with Crippen molar-refractivity contribution in [1.29, 1.82) is 0 Å². The van der Waals surface area contributed by atoms with Crippen molar-refractivity contribution in [1.82, 2.24) is 5.43 Å². The van der Waals surface area contributed by atoms with E-state index in [-0.39, 0.29) is 11.9 Å². The summed E-state index contributed by atoms with van der Waals surface area (Å²) in [6.45, 7) is 7.73. The second-order valence-electron chi connectivity index (χ2n) is 3.84. The number of rotatable bonds is 3. The molecule has 0 aliphatic carbocycles. The number of hydrazine groups is 1. The van der Waals surface area contributed by atoms with Crippen molar-refractivity contribution >= 4 is 5.97 Å². The van der Waals surface area contributed by atoms with Gasteiger partial charge in [0.25, 0.3) is 0 Å². The minimum absolute atomic E-state index is 0.200. The summed E-state index contributed by atoms with van der Waals surface area (Å²) in [4.78, 5) is 11.2. The molecule has 0 aliphatic heterocycles. The van der Waals surface area contributed by atoms with E-state index in [2.05, 4.69) is 5.43 Å². The van der Waals surface area contributed by atoms with Gasteiger partial charge in [-0.25, -0.2) is 0 Å². The molecule has 0 unspecified atom stereocenters. The molecular weight excluding hydrogens is 156 g/mol. The average molecular weight is 174 g/mol. The minimum atomic E-state index is -0.417. The number of ether oxygens (including phenoxy) is 1. The minimum Gasteiger partial charge on any atom is -0.460 e. The largest absolute Gasteiger partial charge is 0.460 e. The third-order valence-electron chi connectivity index (χ3n) is 1.23. The van der Waals surface area contributed by atoms with Crippen LogP contribution in [0.3, 0.4) is 0 Å². The molecule has 0 aliphatic rings. The highest BCUT2D eigenvalue weighted by molar-refractivity contribution is 5.72. The maximum atomic E-state index is 11.2. The summed E-state index contributed by atoms with van der Waals surface area (Å²) in [5, 5.41) is 0. The first-order chi connectivity index (χ1) is 5.37. The number of hydrogen-bond donors (Lipinski definition) is 2. The molecule has 0 saturated heterocycles. The van der Waals surface area contributed by atoms with E-state index < -0.39 is 5.60 Å². The molecule has 4 heteroatoms. The van der Waals surface area contributed by atoms with Crippen LogP contribution >= 0.6 is 0 Å². The maximum Gasteiger partial charge on any atom is 0.310 e. The maximum absolute atomic E-state index is 11.2. The molecule has 0 heterocycles. The van der Waals surface area contributed by atoms with Gasteiger partial charge in [-0.3, -0.25) is 16.1 Å². The highest BCUT2D eigenvalue weighted by Gasteiger charge is 2.20. The Labute approximate surface area is 73.4 Å². The SMILES string of the molecule is C[C@H](CNN)C(=O)OC(C)(C)C. The van der Waals surface area contributed by atoms with Crippen LogP contribution in [-0.4, -0.2) is 18.1 Å². The standard InChI is InChI=1S/C8H18N2O2/c1-6(5-10-9)7(11)12-8(2,3)4/h6,10H,5,9H2,1-4H3/t6-/m1/s1. The Kier molecular flexibility index (Phi) is 4.20. The number of nitrogens with one attached hydrogen (secondary N) is 1. The summed E-state index contributed by atoms with van der Waals surface area (Å²) in [5.41, 5.74) is 2.02. The van der Waals surface area contributed by atoms with Crippen LogP contribution < -0.4 is 11.3 Å². The molecule has 0 bridgehead atoms. The van der Waals surface area contributed by atoms with Crippen molar-refractivity contribution in [3.05, 3.63) is 0 Å². The van der Waals surface area contributed by atoms with Gasteiger partial charge in [0.05, 0.1) is 5.92 Å². The van der Waals surface area contributed by atoms with E-state index in [1.165, 1.54) is 0 Å². The normalized spacial score (nSPS) is 14.1. The van der Waals surface area contributed by atoms with Gasteiger partial charge in [-0.1, -0.05) is 6.92 Å². The number of carbonyl (C=O) groups excluding carboxylic acids is 1. The van der Waals surface area contributed by atoms with Gasteiger partial charge in [0.2, 0.25) is 0 Å². The van der Waals surface area contributed by atoms with Crippen LogP contribution in [0.2, 0.25) is 0 Å². The van der Waals surface area contributed by atoms with Gasteiger partial charge in [-0.15, -0.1) is 0 Å². The average Bonchev–Trinajstić information content (AvgIpc) is 1.84. The van der Waals surface area contributed by atoms with Gasteiger partial charge >= 0.3 is 5.97 Å². The van der Waals surface area contributed by atoms with Crippen molar-refractivity contribution in [2.75, 3.05) is 6.54 Å². The van der Waals surface area contributed by atoms with Crippen LogP contribution in [0.5, 0.6) is 0 Å². The first-order valence-electron chi connectivity index (χ1n) is 4.03. The number of esters is 1. The summed E-state index contributed by atoms with van der Waals surface area (Å²) in [7, 11) is 0. The lowest BCUT2D eigenvalue weighted by molar-refractivity contribution is -0.159. The topological polar surface area (TPSA) is 64.3 Å². The lowest BCUT2D eigenvalue weighted by Crippen LogP contribution is -2.35. The van der Waals surface area contributed by atoms with E-state index in [9.17, 15) is 4.79 Å². The molecule has 0 amide bonds. The van der Waals surface area contributed by atoms with Crippen LogP contribution in [0.4, 0.5) is 0 Å². The lowest BCUT2D eigenvalue weighted by Gasteiger charge is -2.21. The van der Waals surface area contributed by atoms with Crippen LogP contribution in [0.15, 0.2) is 0 Å². The van der Waals surface area contributed by atoms with Gasteiger partial charge in [0.15, 0.2) is 0 Å². The molecule has 3 N–H and O–H groups in total. The second kappa shape index (κ2) is 4.42. The molecule has 4 nitrogen and oxygen atoms in total. The first kappa shape index (κ1) is 11.4. The van der Waals surface area contributed by atoms with Crippen molar-refractivity contribution in [3.8, 4) is 0 Å². The summed E-state index contributed by atoms with van der Waals surface area (Å²) >= 11 is 0.